The van der Waals surface area contributed by atoms with Gasteiger partial charge in [-0.25, -0.2) is 0 Å². The number of nitrogens with zero attached hydrogens (tertiary/aromatic N) is 1. The van der Waals surface area contributed by atoms with Crippen molar-refractivity contribution in [3.05, 3.63) is 59.2 Å². The fraction of sp³-hybridized carbons (Fsp3) is 0.364. The molecule has 6 nitrogen and oxygen atoms in total. The SMILES string of the molecule is C[C@H]1COc2c(NC(=O)Cc3cccc(C(F)(F)F)c3)cccc2C(=O)N(CCO)C1. The van der Waals surface area contributed by atoms with Gasteiger partial charge in [0.25, 0.3) is 5.91 Å². The fourth-order valence-electron chi connectivity index (χ4n) is 3.42. The summed E-state index contributed by atoms with van der Waals surface area (Å²) in [6.07, 6.45) is -4.76. The number of β-amino-alcohol motifs (C(OH)–C–C–N with tert-alkyl or cyclic N) is 1. The van der Waals surface area contributed by atoms with Crippen LogP contribution in [0.5, 0.6) is 5.75 Å². The average Bonchev–Trinajstić information content (AvgIpc) is 2.70. The van der Waals surface area contributed by atoms with Crippen LogP contribution < -0.4 is 10.1 Å². The van der Waals surface area contributed by atoms with Crippen LogP contribution in [0.1, 0.15) is 28.4 Å². The molecule has 2 aromatic rings. The van der Waals surface area contributed by atoms with E-state index in [2.05, 4.69) is 5.32 Å². The molecule has 0 aromatic heterocycles. The monoisotopic (exact) mass is 436 g/mol. The van der Waals surface area contributed by atoms with E-state index in [9.17, 15) is 27.9 Å². The van der Waals surface area contributed by atoms with Crippen molar-refractivity contribution >= 4 is 17.5 Å². The Balaban J connectivity index is 1.82. The minimum atomic E-state index is -4.49. The van der Waals surface area contributed by atoms with E-state index in [4.69, 9.17) is 4.74 Å². The molecule has 31 heavy (non-hydrogen) atoms. The molecule has 1 aliphatic heterocycles. The highest BCUT2D eigenvalue weighted by molar-refractivity contribution is 6.01. The zero-order valence-corrected chi connectivity index (χ0v) is 16.9. The number of hydrogen-bond donors (Lipinski definition) is 2. The number of amides is 2. The van der Waals surface area contributed by atoms with Gasteiger partial charge in [-0.05, 0) is 23.8 Å². The number of fused-ring (bicyclic) bond motifs is 1. The molecule has 0 saturated heterocycles. The molecule has 0 spiro atoms. The Morgan fingerprint density at radius 3 is 2.71 bits per heavy atom. The van der Waals surface area contributed by atoms with Gasteiger partial charge in [-0.1, -0.05) is 31.2 Å². The normalized spacial score (nSPS) is 16.7. The second-order valence-electron chi connectivity index (χ2n) is 7.50. The molecular weight excluding hydrogens is 413 g/mol. The lowest BCUT2D eigenvalue weighted by Gasteiger charge is -2.30. The molecule has 166 valence electrons. The molecule has 0 radical (unpaired) electrons. The van der Waals surface area contributed by atoms with Gasteiger partial charge in [0.1, 0.15) is 0 Å². The highest BCUT2D eigenvalue weighted by atomic mass is 19.4. The van der Waals surface area contributed by atoms with E-state index in [1.165, 1.54) is 17.0 Å². The van der Waals surface area contributed by atoms with Crippen LogP contribution in [-0.2, 0) is 17.4 Å². The summed E-state index contributed by atoms with van der Waals surface area (Å²) >= 11 is 0. The number of carbonyl (C=O) groups excluding carboxylic acids is 2. The second-order valence-corrected chi connectivity index (χ2v) is 7.50. The van der Waals surface area contributed by atoms with Gasteiger partial charge in [0.15, 0.2) is 5.75 Å². The third-order valence-electron chi connectivity index (χ3n) is 4.84. The van der Waals surface area contributed by atoms with Gasteiger partial charge in [-0.3, -0.25) is 9.59 Å². The maximum absolute atomic E-state index is 12.9. The van der Waals surface area contributed by atoms with E-state index in [0.717, 1.165) is 12.1 Å². The molecule has 0 saturated carbocycles. The number of aliphatic hydroxyl groups excluding tert-OH is 1. The molecular formula is C22H23F3N2O4. The smallest absolute Gasteiger partial charge is 0.416 e. The summed E-state index contributed by atoms with van der Waals surface area (Å²) in [5, 5.41) is 11.9. The summed E-state index contributed by atoms with van der Waals surface area (Å²) in [6.45, 7) is 2.61. The standard InChI is InChI=1S/C22H23F3N2O4/c1-14-12-27(8-9-28)21(30)17-6-3-7-18(20(17)31-13-14)26-19(29)11-15-4-2-5-16(10-15)22(23,24)25/h2-7,10,14,28H,8-9,11-13H2,1H3,(H,26,29)/t14-/m1/s1. The van der Waals surface area contributed by atoms with Crippen LogP contribution in [0, 0.1) is 5.92 Å². The van der Waals surface area contributed by atoms with Crippen molar-refractivity contribution in [1.29, 1.82) is 0 Å². The minimum absolute atomic E-state index is 0.00230. The van der Waals surface area contributed by atoms with E-state index in [-0.39, 0.29) is 54.0 Å². The Morgan fingerprint density at radius 1 is 1.26 bits per heavy atom. The van der Waals surface area contributed by atoms with E-state index < -0.39 is 17.6 Å². The summed E-state index contributed by atoms with van der Waals surface area (Å²) in [6, 6.07) is 9.30. The number of benzene rings is 2. The maximum atomic E-state index is 12.9. The molecule has 9 heteroatoms. The molecule has 0 fully saturated rings. The molecule has 1 aliphatic rings. The zero-order valence-electron chi connectivity index (χ0n) is 16.9. The summed E-state index contributed by atoms with van der Waals surface area (Å²) in [5.41, 5.74) is -0.0986. The predicted octanol–water partition coefficient (Wildman–Crippen LogP) is 3.35. The number of halogens is 3. The molecule has 0 unspecified atom stereocenters. The van der Waals surface area contributed by atoms with E-state index >= 15 is 0 Å². The number of alkyl halides is 3. The Kier molecular flexibility index (Phi) is 6.84. The van der Waals surface area contributed by atoms with Gasteiger partial charge in [0.05, 0.1) is 36.4 Å². The molecule has 0 aliphatic carbocycles. The first kappa shape index (κ1) is 22.6. The lowest BCUT2D eigenvalue weighted by molar-refractivity contribution is -0.137. The second kappa shape index (κ2) is 9.38. The average molecular weight is 436 g/mol. The Morgan fingerprint density at radius 2 is 2.00 bits per heavy atom. The van der Waals surface area contributed by atoms with E-state index in [1.807, 2.05) is 6.92 Å². The quantitative estimate of drug-likeness (QED) is 0.754. The van der Waals surface area contributed by atoms with Crippen molar-refractivity contribution in [3.8, 4) is 5.75 Å². The third-order valence-corrected chi connectivity index (χ3v) is 4.84. The lowest BCUT2D eigenvalue weighted by Crippen LogP contribution is -2.40. The summed E-state index contributed by atoms with van der Waals surface area (Å²) < 4.78 is 44.5. The minimum Gasteiger partial charge on any atom is -0.490 e. The van der Waals surface area contributed by atoms with Gasteiger partial charge in [-0.2, -0.15) is 13.2 Å². The van der Waals surface area contributed by atoms with Crippen molar-refractivity contribution in [1.82, 2.24) is 4.90 Å². The number of para-hydroxylation sites is 1. The lowest BCUT2D eigenvalue weighted by atomic mass is 10.1. The van der Waals surface area contributed by atoms with Gasteiger partial charge < -0.3 is 20.1 Å². The molecule has 2 aromatic carbocycles. The first-order chi connectivity index (χ1) is 14.7. The third kappa shape index (κ3) is 5.55. The van der Waals surface area contributed by atoms with Crippen LogP contribution in [0.4, 0.5) is 18.9 Å². The van der Waals surface area contributed by atoms with Crippen molar-refractivity contribution in [3.63, 3.8) is 0 Å². The number of anilines is 1. The van der Waals surface area contributed by atoms with Gasteiger partial charge in [0.2, 0.25) is 5.91 Å². The molecule has 1 atom stereocenters. The Hall–Kier alpha value is -3.07. The van der Waals surface area contributed by atoms with Crippen LogP contribution in [0.15, 0.2) is 42.5 Å². The summed E-state index contributed by atoms with van der Waals surface area (Å²) in [4.78, 5) is 26.9. The van der Waals surface area contributed by atoms with Crippen molar-refractivity contribution in [2.24, 2.45) is 5.92 Å². The number of nitrogens with one attached hydrogen (secondary N) is 1. The van der Waals surface area contributed by atoms with Crippen molar-refractivity contribution in [2.45, 2.75) is 19.5 Å². The van der Waals surface area contributed by atoms with Crippen LogP contribution in [0.2, 0.25) is 0 Å². The number of hydrogen-bond acceptors (Lipinski definition) is 4. The van der Waals surface area contributed by atoms with E-state index in [0.29, 0.717) is 13.2 Å². The Labute approximate surface area is 177 Å². The van der Waals surface area contributed by atoms with Gasteiger partial charge >= 0.3 is 6.18 Å². The van der Waals surface area contributed by atoms with Crippen LogP contribution in [0.25, 0.3) is 0 Å². The molecule has 2 amide bonds. The molecule has 1 heterocycles. The fourth-order valence-corrected chi connectivity index (χ4v) is 3.42. The number of carbonyl (C=O) groups is 2. The predicted molar refractivity (Wildman–Crippen MR) is 108 cm³/mol. The van der Waals surface area contributed by atoms with Crippen LogP contribution >= 0.6 is 0 Å². The number of aliphatic hydroxyl groups is 1. The van der Waals surface area contributed by atoms with Gasteiger partial charge in [0, 0.05) is 19.0 Å². The first-order valence-electron chi connectivity index (χ1n) is 9.81. The first-order valence-corrected chi connectivity index (χ1v) is 9.81. The number of ether oxygens (including phenoxy) is 1. The topological polar surface area (TPSA) is 78.9 Å². The number of rotatable bonds is 5. The molecule has 2 N–H and O–H groups in total. The van der Waals surface area contributed by atoms with Crippen LogP contribution in [-0.4, -0.2) is 48.1 Å². The highest BCUT2D eigenvalue weighted by Gasteiger charge is 2.30. The molecule has 0 bridgehead atoms. The largest absolute Gasteiger partial charge is 0.490 e. The van der Waals surface area contributed by atoms with Gasteiger partial charge in [-0.15, -0.1) is 0 Å². The summed E-state index contributed by atoms with van der Waals surface area (Å²) in [7, 11) is 0. The zero-order chi connectivity index (χ0) is 22.6. The van der Waals surface area contributed by atoms with Crippen molar-refractivity contribution < 1.29 is 32.6 Å². The Bertz CT molecular complexity index is 962. The van der Waals surface area contributed by atoms with Crippen molar-refractivity contribution in [2.75, 3.05) is 31.6 Å². The maximum Gasteiger partial charge on any atom is 0.416 e. The van der Waals surface area contributed by atoms with E-state index in [1.54, 1.807) is 18.2 Å². The molecule has 3 rings (SSSR count). The summed E-state index contributed by atoms with van der Waals surface area (Å²) in [5.74, 6) is -0.660. The van der Waals surface area contributed by atoms with Crippen LogP contribution in [0.3, 0.4) is 0 Å². The highest BCUT2D eigenvalue weighted by Crippen LogP contribution is 2.33.